The quantitative estimate of drug-likeness (QED) is 0.598. The average Bonchev–Trinajstić information content (AvgIpc) is 2.23. The molecule has 15 heavy (non-hydrogen) atoms. The van der Waals surface area contributed by atoms with Gasteiger partial charge in [-0.15, -0.1) is 0 Å². The SMILES string of the molecule is COCC(Cc1ccc(F)c(Cl)c1)NN. The van der Waals surface area contributed by atoms with Crippen LogP contribution in [-0.4, -0.2) is 19.8 Å². The molecule has 1 aromatic carbocycles. The fraction of sp³-hybridized carbons (Fsp3) is 0.400. The van der Waals surface area contributed by atoms with E-state index in [0.29, 0.717) is 13.0 Å². The van der Waals surface area contributed by atoms with Gasteiger partial charge < -0.3 is 4.74 Å². The van der Waals surface area contributed by atoms with Gasteiger partial charge in [0.15, 0.2) is 0 Å². The minimum Gasteiger partial charge on any atom is -0.383 e. The minimum absolute atomic E-state index is 0.00321. The van der Waals surface area contributed by atoms with E-state index in [2.05, 4.69) is 5.43 Å². The van der Waals surface area contributed by atoms with Crippen molar-refractivity contribution in [1.29, 1.82) is 0 Å². The lowest BCUT2D eigenvalue weighted by Crippen LogP contribution is -2.40. The molecule has 0 aliphatic carbocycles. The summed E-state index contributed by atoms with van der Waals surface area (Å²) in [5, 5.41) is 0.126. The van der Waals surface area contributed by atoms with E-state index >= 15 is 0 Å². The Bertz CT molecular complexity index is 322. The molecule has 1 rings (SSSR count). The summed E-state index contributed by atoms with van der Waals surface area (Å²) in [6, 6.07) is 4.62. The van der Waals surface area contributed by atoms with Crippen LogP contribution in [0.1, 0.15) is 5.56 Å². The number of rotatable bonds is 5. The fourth-order valence-electron chi connectivity index (χ4n) is 1.32. The van der Waals surface area contributed by atoms with E-state index in [-0.39, 0.29) is 11.1 Å². The summed E-state index contributed by atoms with van der Waals surface area (Å²) in [5.41, 5.74) is 3.54. The molecule has 1 atom stereocenters. The number of halogens is 2. The summed E-state index contributed by atoms with van der Waals surface area (Å²) in [6.07, 6.45) is 0.643. The van der Waals surface area contributed by atoms with Gasteiger partial charge in [-0.05, 0) is 24.1 Å². The number of nitrogens with two attached hydrogens (primary N) is 1. The normalized spacial score (nSPS) is 12.8. The summed E-state index contributed by atoms with van der Waals surface area (Å²) in [4.78, 5) is 0. The molecular weight excluding hydrogens is 219 g/mol. The molecule has 0 amide bonds. The van der Waals surface area contributed by atoms with Crippen LogP contribution < -0.4 is 11.3 Å². The Labute approximate surface area is 93.3 Å². The highest BCUT2D eigenvalue weighted by Crippen LogP contribution is 2.16. The number of hydrogen-bond acceptors (Lipinski definition) is 3. The van der Waals surface area contributed by atoms with E-state index < -0.39 is 5.82 Å². The van der Waals surface area contributed by atoms with Gasteiger partial charge in [-0.1, -0.05) is 17.7 Å². The monoisotopic (exact) mass is 232 g/mol. The Morgan fingerprint density at radius 3 is 2.87 bits per heavy atom. The zero-order valence-corrected chi connectivity index (χ0v) is 9.22. The van der Waals surface area contributed by atoms with Crippen molar-refractivity contribution in [2.45, 2.75) is 12.5 Å². The molecule has 0 saturated heterocycles. The molecule has 3 nitrogen and oxygen atoms in total. The third kappa shape index (κ3) is 3.76. The second kappa shape index (κ2) is 6.02. The molecular formula is C10H14ClFN2O. The topological polar surface area (TPSA) is 47.3 Å². The van der Waals surface area contributed by atoms with Crippen LogP contribution in [0.4, 0.5) is 4.39 Å². The molecule has 0 spiro atoms. The predicted octanol–water partition coefficient (Wildman–Crippen LogP) is 1.50. The van der Waals surface area contributed by atoms with Gasteiger partial charge in [0.25, 0.3) is 0 Å². The average molecular weight is 233 g/mol. The van der Waals surface area contributed by atoms with Gasteiger partial charge in [0, 0.05) is 13.2 Å². The van der Waals surface area contributed by atoms with Crippen molar-refractivity contribution in [2.24, 2.45) is 5.84 Å². The molecule has 0 radical (unpaired) electrons. The Hall–Kier alpha value is -0.680. The first kappa shape index (κ1) is 12.4. The van der Waals surface area contributed by atoms with Crippen LogP contribution in [0, 0.1) is 5.82 Å². The van der Waals surface area contributed by atoms with Gasteiger partial charge in [0.1, 0.15) is 5.82 Å². The molecule has 0 fully saturated rings. The van der Waals surface area contributed by atoms with Crippen LogP contribution in [0.3, 0.4) is 0 Å². The molecule has 1 aromatic rings. The number of benzene rings is 1. The van der Waals surface area contributed by atoms with E-state index in [0.717, 1.165) is 5.56 Å². The predicted molar refractivity (Wildman–Crippen MR) is 58.1 cm³/mol. The van der Waals surface area contributed by atoms with Crippen molar-refractivity contribution < 1.29 is 9.13 Å². The largest absolute Gasteiger partial charge is 0.383 e. The molecule has 0 aliphatic rings. The van der Waals surface area contributed by atoms with Gasteiger partial charge >= 0.3 is 0 Å². The first-order valence-electron chi connectivity index (χ1n) is 4.56. The number of ether oxygens (including phenoxy) is 1. The van der Waals surface area contributed by atoms with Crippen molar-refractivity contribution in [3.8, 4) is 0 Å². The Morgan fingerprint density at radius 2 is 2.33 bits per heavy atom. The Kier molecular flexibility index (Phi) is 4.98. The number of nitrogens with one attached hydrogen (secondary N) is 1. The minimum atomic E-state index is -0.413. The van der Waals surface area contributed by atoms with Crippen molar-refractivity contribution >= 4 is 11.6 Å². The maximum Gasteiger partial charge on any atom is 0.141 e. The Balaban J connectivity index is 2.66. The summed E-state index contributed by atoms with van der Waals surface area (Å²) < 4.78 is 17.8. The number of methoxy groups -OCH3 is 1. The van der Waals surface area contributed by atoms with Crippen LogP contribution in [0.15, 0.2) is 18.2 Å². The maximum atomic E-state index is 12.9. The summed E-state index contributed by atoms with van der Waals surface area (Å²) in [6.45, 7) is 0.492. The number of hydrazine groups is 1. The third-order valence-corrected chi connectivity index (χ3v) is 2.36. The van der Waals surface area contributed by atoms with Crippen LogP contribution >= 0.6 is 11.6 Å². The molecule has 0 aromatic heterocycles. The highest BCUT2D eigenvalue weighted by molar-refractivity contribution is 6.30. The standard InChI is InChI=1S/C10H14ClFN2O/c1-15-6-8(14-13)4-7-2-3-10(12)9(11)5-7/h2-3,5,8,14H,4,6,13H2,1H3. The van der Waals surface area contributed by atoms with Gasteiger partial charge in [-0.25, -0.2) is 4.39 Å². The maximum absolute atomic E-state index is 12.9. The zero-order valence-electron chi connectivity index (χ0n) is 8.47. The van der Waals surface area contributed by atoms with Gasteiger partial charge in [-0.2, -0.15) is 0 Å². The van der Waals surface area contributed by atoms with Gasteiger partial charge in [0.05, 0.1) is 11.6 Å². The van der Waals surface area contributed by atoms with Crippen molar-refractivity contribution in [1.82, 2.24) is 5.43 Å². The van der Waals surface area contributed by atoms with Gasteiger partial charge in [0.2, 0.25) is 0 Å². The first-order valence-corrected chi connectivity index (χ1v) is 4.94. The number of hydrogen-bond donors (Lipinski definition) is 2. The van der Waals surface area contributed by atoms with E-state index in [4.69, 9.17) is 22.2 Å². The molecule has 0 aliphatic heterocycles. The molecule has 1 unspecified atom stereocenters. The second-order valence-corrected chi connectivity index (χ2v) is 3.68. The van der Waals surface area contributed by atoms with Crippen LogP contribution in [0.25, 0.3) is 0 Å². The summed E-state index contributed by atoms with van der Waals surface area (Å²) in [5.74, 6) is 4.92. The van der Waals surface area contributed by atoms with E-state index in [9.17, 15) is 4.39 Å². The summed E-state index contributed by atoms with van der Waals surface area (Å²) in [7, 11) is 1.60. The van der Waals surface area contributed by atoms with Crippen LogP contribution in [-0.2, 0) is 11.2 Å². The van der Waals surface area contributed by atoms with Crippen LogP contribution in [0.2, 0.25) is 5.02 Å². The lowest BCUT2D eigenvalue weighted by molar-refractivity contribution is 0.166. The van der Waals surface area contributed by atoms with Crippen molar-refractivity contribution in [3.05, 3.63) is 34.6 Å². The molecule has 5 heteroatoms. The van der Waals surface area contributed by atoms with E-state index in [1.54, 1.807) is 19.2 Å². The molecule has 84 valence electrons. The highest BCUT2D eigenvalue weighted by Gasteiger charge is 2.08. The van der Waals surface area contributed by atoms with Gasteiger partial charge in [-0.3, -0.25) is 11.3 Å². The Morgan fingerprint density at radius 1 is 1.60 bits per heavy atom. The third-order valence-electron chi connectivity index (χ3n) is 2.07. The molecule has 0 saturated carbocycles. The lowest BCUT2D eigenvalue weighted by Gasteiger charge is -2.14. The smallest absolute Gasteiger partial charge is 0.141 e. The van der Waals surface area contributed by atoms with E-state index in [1.807, 2.05) is 0 Å². The zero-order chi connectivity index (χ0) is 11.3. The fourth-order valence-corrected chi connectivity index (χ4v) is 1.52. The van der Waals surface area contributed by atoms with Crippen molar-refractivity contribution in [3.63, 3.8) is 0 Å². The highest BCUT2D eigenvalue weighted by atomic mass is 35.5. The first-order chi connectivity index (χ1) is 7.17. The molecule has 0 bridgehead atoms. The van der Waals surface area contributed by atoms with E-state index in [1.165, 1.54) is 6.07 Å². The van der Waals surface area contributed by atoms with Crippen LogP contribution in [0.5, 0.6) is 0 Å². The molecule has 3 N–H and O–H groups in total. The summed E-state index contributed by atoms with van der Waals surface area (Å²) >= 11 is 5.66. The molecule has 0 heterocycles. The van der Waals surface area contributed by atoms with Crippen molar-refractivity contribution in [2.75, 3.05) is 13.7 Å². The lowest BCUT2D eigenvalue weighted by atomic mass is 10.1. The second-order valence-electron chi connectivity index (χ2n) is 3.27.